The third kappa shape index (κ3) is 5.20. The topological polar surface area (TPSA) is 241 Å². The molecule has 4 rings (SSSR count). The molecule has 1 saturated heterocycles. The monoisotopic (exact) mass is 538 g/mol. The number of fused-ring (bicyclic) bond motifs is 2. The zero-order chi connectivity index (χ0) is 27.9. The first kappa shape index (κ1) is 28.2. The van der Waals surface area contributed by atoms with E-state index < -0.39 is 80.0 Å². The van der Waals surface area contributed by atoms with Crippen LogP contribution in [0.2, 0.25) is 0 Å². The van der Waals surface area contributed by atoms with E-state index >= 15 is 0 Å². The van der Waals surface area contributed by atoms with Gasteiger partial charge in [-0.3, -0.25) is 9.78 Å². The lowest BCUT2D eigenvalue weighted by molar-refractivity contribution is -0.320. The number of aromatic amines is 1. The molecule has 3 aliphatic heterocycles. The molecule has 3 aliphatic rings. The number of ether oxygens (including phenoxy) is 2. The summed E-state index contributed by atoms with van der Waals surface area (Å²) in [7, 11) is 0. The van der Waals surface area contributed by atoms with E-state index in [4.69, 9.17) is 9.47 Å². The minimum absolute atomic E-state index is 0.164. The predicted molar refractivity (Wildman–Crippen MR) is 128 cm³/mol. The smallest absolute Gasteiger partial charge is 0.349 e. The van der Waals surface area contributed by atoms with Crippen LogP contribution in [0.5, 0.6) is 0 Å². The summed E-state index contributed by atoms with van der Waals surface area (Å²) in [5, 5.41) is 70.6. The molecule has 0 spiro atoms. The Balaban J connectivity index is 1.85. The molecule has 8 N–H and O–H groups in total. The minimum Gasteiger partial charge on any atom is -0.394 e. The van der Waals surface area contributed by atoms with Crippen LogP contribution in [0.25, 0.3) is 22.6 Å². The highest BCUT2D eigenvalue weighted by atomic mass is 16.7. The van der Waals surface area contributed by atoms with Gasteiger partial charge in [-0.15, -0.1) is 0 Å². The Morgan fingerprint density at radius 3 is 2.39 bits per heavy atom. The molecule has 208 valence electrons. The fourth-order valence-corrected chi connectivity index (χ4v) is 4.35. The normalized spacial score (nSPS) is 26.5. The molecule has 0 bridgehead atoms. The number of hydrogen-bond acceptors (Lipinski definition) is 13. The molecule has 0 saturated carbocycles. The Hall–Kier alpha value is -2.86. The summed E-state index contributed by atoms with van der Waals surface area (Å²) in [6, 6.07) is 3.42. The summed E-state index contributed by atoms with van der Waals surface area (Å²) in [5.74, 6) is -0.164. The van der Waals surface area contributed by atoms with E-state index in [2.05, 4.69) is 9.97 Å². The van der Waals surface area contributed by atoms with Crippen molar-refractivity contribution < 1.29 is 45.2 Å². The summed E-state index contributed by atoms with van der Waals surface area (Å²) in [6.07, 6.45) is -13.4. The van der Waals surface area contributed by atoms with Gasteiger partial charge in [0, 0.05) is 0 Å². The number of rotatable bonds is 8. The lowest BCUT2D eigenvalue weighted by atomic mass is 9.99. The number of aliphatic hydroxyl groups is 7. The van der Waals surface area contributed by atoms with Crippen molar-refractivity contribution >= 4 is 11.0 Å². The molecule has 3 heterocycles. The number of hydrogen-bond donors (Lipinski definition) is 8. The standard InChI is InChI=1S/C23H30N4O11/c1-8-3-10-11(4-9(8)2)27(20-15(24-10)21(35)26-23(36)25-20)5-13(16(31)12(30)6-28)37-22-19(34)18(33)17(32)14(7-29)38-22/h3-4,12-14,16-19,22,28-34H,5-7H2,1-2H3,(H,26,35,36)/t12-,13+,14+,16-,17+,18-,19+,22?/m0/s1. The largest absolute Gasteiger partial charge is 0.394 e. The quantitative estimate of drug-likeness (QED) is 0.128. The van der Waals surface area contributed by atoms with Gasteiger partial charge in [0.2, 0.25) is 0 Å². The second-order valence-electron chi connectivity index (χ2n) is 9.30. The predicted octanol–water partition coefficient (Wildman–Crippen LogP) is -3.90. The third-order valence-corrected chi connectivity index (χ3v) is 6.71. The fraction of sp³-hybridized carbons (Fsp3) is 0.565. The molecule has 1 fully saturated rings. The molecule has 1 unspecified atom stereocenters. The van der Waals surface area contributed by atoms with Gasteiger partial charge in [-0.2, -0.15) is 4.98 Å². The average Bonchev–Trinajstić information content (AvgIpc) is 2.88. The summed E-state index contributed by atoms with van der Waals surface area (Å²) in [5.41, 5.74) is 0.443. The van der Waals surface area contributed by atoms with Gasteiger partial charge in [-0.25, -0.2) is 9.78 Å². The van der Waals surface area contributed by atoms with Crippen LogP contribution in [-0.4, -0.2) is 117 Å². The van der Waals surface area contributed by atoms with Crippen LogP contribution >= 0.6 is 0 Å². The number of aryl methyl sites for hydroxylation is 2. The molecule has 15 nitrogen and oxygen atoms in total. The molecule has 0 radical (unpaired) electrons. The molecular formula is C23H30N4O11. The number of H-pyrrole nitrogens is 1. The van der Waals surface area contributed by atoms with Gasteiger partial charge in [-0.1, -0.05) is 0 Å². The highest BCUT2D eigenvalue weighted by Gasteiger charge is 2.46. The molecule has 1 aromatic carbocycles. The van der Waals surface area contributed by atoms with Crippen LogP contribution in [0.15, 0.2) is 21.7 Å². The highest BCUT2D eigenvalue weighted by molar-refractivity contribution is 5.81. The Kier molecular flexibility index (Phi) is 8.22. The molecule has 8 atom stereocenters. The summed E-state index contributed by atoms with van der Waals surface area (Å²) in [4.78, 5) is 34.9. The maximum atomic E-state index is 12.6. The van der Waals surface area contributed by atoms with Gasteiger partial charge in [-0.05, 0) is 37.1 Å². The van der Waals surface area contributed by atoms with E-state index in [1.165, 1.54) is 4.57 Å². The van der Waals surface area contributed by atoms with Crippen molar-refractivity contribution in [3.63, 3.8) is 0 Å². The number of nitrogens with zero attached hydrogens (tertiary/aromatic N) is 3. The molecule has 1 aromatic rings. The minimum atomic E-state index is -1.83. The van der Waals surface area contributed by atoms with Gasteiger partial charge in [0.25, 0.3) is 5.56 Å². The Morgan fingerprint density at radius 2 is 1.74 bits per heavy atom. The number of aliphatic hydroxyl groups excluding tert-OH is 7. The van der Waals surface area contributed by atoms with Crippen LogP contribution in [0.1, 0.15) is 11.1 Å². The molecule has 0 amide bonds. The van der Waals surface area contributed by atoms with Crippen molar-refractivity contribution in [1.82, 2.24) is 19.5 Å². The van der Waals surface area contributed by atoms with E-state index in [0.29, 0.717) is 11.0 Å². The zero-order valence-electron chi connectivity index (χ0n) is 20.5. The Morgan fingerprint density at radius 1 is 1.05 bits per heavy atom. The maximum absolute atomic E-state index is 12.6. The van der Waals surface area contributed by atoms with Crippen molar-refractivity contribution in [2.24, 2.45) is 0 Å². The van der Waals surface area contributed by atoms with E-state index in [9.17, 15) is 45.3 Å². The summed E-state index contributed by atoms with van der Waals surface area (Å²) >= 11 is 0. The van der Waals surface area contributed by atoms with E-state index in [0.717, 1.165) is 11.1 Å². The van der Waals surface area contributed by atoms with E-state index in [1.807, 2.05) is 18.8 Å². The average molecular weight is 539 g/mol. The van der Waals surface area contributed by atoms with Crippen molar-refractivity contribution in [2.75, 3.05) is 13.2 Å². The van der Waals surface area contributed by atoms with Crippen molar-refractivity contribution in [3.05, 3.63) is 44.1 Å². The molecule has 15 heteroatoms. The van der Waals surface area contributed by atoms with Gasteiger partial charge >= 0.3 is 5.69 Å². The lowest BCUT2D eigenvalue weighted by Gasteiger charge is -2.41. The van der Waals surface area contributed by atoms with Gasteiger partial charge in [0.05, 0.1) is 30.8 Å². The molecule has 38 heavy (non-hydrogen) atoms. The van der Waals surface area contributed by atoms with Crippen LogP contribution in [-0.2, 0) is 16.0 Å². The lowest BCUT2D eigenvalue weighted by Crippen LogP contribution is -2.60. The van der Waals surface area contributed by atoms with Crippen LogP contribution in [0.3, 0.4) is 0 Å². The first-order valence-electron chi connectivity index (χ1n) is 11.8. The van der Waals surface area contributed by atoms with Gasteiger partial charge in [0.15, 0.2) is 17.8 Å². The fourth-order valence-electron chi connectivity index (χ4n) is 4.35. The second kappa shape index (κ2) is 11.1. The zero-order valence-corrected chi connectivity index (χ0v) is 20.5. The molecule has 0 aromatic heterocycles. The first-order valence-corrected chi connectivity index (χ1v) is 11.8. The van der Waals surface area contributed by atoms with E-state index in [-0.39, 0.29) is 11.5 Å². The van der Waals surface area contributed by atoms with Crippen LogP contribution < -0.4 is 11.2 Å². The number of nitrogens with one attached hydrogen (secondary N) is 1. The van der Waals surface area contributed by atoms with Crippen LogP contribution in [0.4, 0.5) is 0 Å². The van der Waals surface area contributed by atoms with Crippen LogP contribution in [0, 0.1) is 13.8 Å². The molecular weight excluding hydrogens is 508 g/mol. The highest BCUT2D eigenvalue weighted by Crippen LogP contribution is 2.28. The Bertz CT molecular complexity index is 1380. The van der Waals surface area contributed by atoms with Gasteiger partial charge in [0.1, 0.15) is 42.7 Å². The van der Waals surface area contributed by atoms with Crippen molar-refractivity contribution in [2.45, 2.75) is 69.4 Å². The Labute approximate surface area is 214 Å². The number of aromatic nitrogens is 4. The molecule has 0 aliphatic carbocycles. The van der Waals surface area contributed by atoms with Crippen molar-refractivity contribution in [3.8, 4) is 11.5 Å². The third-order valence-electron chi connectivity index (χ3n) is 6.71. The van der Waals surface area contributed by atoms with Crippen molar-refractivity contribution in [1.29, 1.82) is 0 Å². The first-order chi connectivity index (χ1) is 18.0. The maximum Gasteiger partial charge on any atom is 0.349 e. The number of benzene rings is 1. The second-order valence-corrected chi connectivity index (χ2v) is 9.30. The summed E-state index contributed by atoms with van der Waals surface area (Å²) < 4.78 is 12.5. The summed E-state index contributed by atoms with van der Waals surface area (Å²) in [6.45, 7) is 1.63. The van der Waals surface area contributed by atoms with E-state index in [1.54, 1.807) is 12.1 Å². The van der Waals surface area contributed by atoms with Gasteiger partial charge < -0.3 is 49.8 Å². The SMILES string of the molecule is Cc1cc2nc3c(=O)[nH]c(=O)nc-3n(C[C@@H](OC3O[C@H](CO)[C@@H](O)[C@H](O)[C@H]3O)[C@@H](O)[C@@H](O)CO)c2cc1C.